The summed E-state index contributed by atoms with van der Waals surface area (Å²) in [6.45, 7) is 9.11. The molecule has 0 N–H and O–H groups in total. The third-order valence-electron chi connectivity index (χ3n) is 3.72. The zero-order valence-corrected chi connectivity index (χ0v) is 17.5. The largest absolute Gasteiger partial charge is 0.457 e. The summed E-state index contributed by atoms with van der Waals surface area (Å²) in [5, 5.41) is 0. The highest BCUT2D eigenvalue weighted by molar-refractivity contribution is 5.91. The van der Waals surface area contributed by atoms with Gasteiger partial charge in [0.2, 0.25) is 13.6 Å². The molecule has 2 aromatic rings. The number of esters is 3. The topological polar surface area (TPSA) is 97.4 Å². The van der Waals surface area contributed by atoms with Crippen LogP contribution in [0.1, 0.15) is 24.2 Å². The predicted octanol–water partition coefficient (Wildman–Crippen LogP) is 3.96. The van der Waals surface area contributed by atoms with Crippen LogP contribution in [0.4, 0.5) is 4.39 Å². The van der Waals surface area contributed by atoms with E-state index in [1.165, 1.54) is 50.2 Å². The van der Waals surface area contributed by atoms with Crippen LogP contribution in [0, 0.1) is 5.82 Å². The zero-order chi connectivity index (χ0) is 23.7. The first-order chi connectivity index (χ1) is 15.2. The number of ether oxygens (including phenoxy) is 5. The molecule has 32 heavy (non-hydrogen) atoms. The Labute approximate surface area is 183 Å². The molecule has 0 unspecified atom stereocenters. The molecule has 0 aromatic heterocycles. The van der Waals surface area contributed by atoms with E-state index in [9.17, 15) is 18.8 Å². The average molecular weight is 444 g/mol. The summed E-state index contributed by atoms with van der Waals surface area (Å²) in [5.41, 5.74) is 0.126. The molecule has 0 fully saturated rings. The first-order valence-electron chi connectivity index (χ1n) is 9.20. The lowest BCUT2D eigenvalue weighted by atomic mass is 10.2. The van der Waals surface area contributed by atoms with Gasteiger partial charge >= 0.3 is 17.9 Å². The Morgan fingerprint density at radius 3 is 1.75 bits per heavy atom. The maximum absolute atomic E-state index is 14.3. The lowest BCUT2D eigenvalue weighted by molar-refractivity contribution is -0.146. The van der Waals surface area contributed by atoms with E-state index >= 15 is 0 Å². The van der Waals surface area contributed by atoms with E-state index in [1.54, 1.807) is 0 Å². The first-order valence-corrected chi connectivity index (χ1v) is 9.20. The van der Waals surface area contributed by atoms with Crippen LogP contribution in [0.2, 0.25) is 0 Å². The number of carbonyl (C=O) groups excluding carboxylic acids is 3. The van der Waals surface area contributed by atoms with E-state index in [4.69, 9.17) is 23.7 Å². The molecule has 8 nitrogen and oxygen atoms in total. The van der Waals surface area contributed by atoms with Gasteiger partial charge in [-0.05, 0) is 50.2 Å². The maximum atomic E-state index is 14.3. The normalized spacial score (nSPS) is 9.97. The number of hydrogen-bond donors (Lipinski definition) is 0. The maximum Gasteiger partial charge on any atom is 0.346 e. The third-order valence-corrected chi connectivity index (χ3v) is 3.72. The average Bonchev–Trinajstić information content (AvgIpc) is 2.74. The van der Waals surface area contributed by atoms with Crippen LogP contribution in [0.5, 0.6) is 17.2 Å². The lowest BCUT2D eigenvalue weighted by Crippen LogP contribution is -2.12. The minimum atomic E-state index is -0.924. The molecule has 0 amide bonds. The van der Waals surface area contributed by atoms with Crippen LogP contribution < -0.4 is 14.2 Å². The molecule has 0 saturated carbocycles. The standard InChI is InChI=1S/C23H21FO8/c1-14(2)21(25)30-12-28-16-5-7-17(8-6-16)32-23(27)19-10-9-18(11-20(19)24)29-13-31-22(26)15(3)4/h5-11H,1,3,12-13H2,2,4H3. The van der Waals surface area contributed by atoms with Gasteiger partial charge in [-0.15, -0.1) is 0 Å². The minimum Gasteiger partial charge on any atom is -0.457 e. The molecule has 2 aromatic carbocycles. The molecule has 0 radical (unpaired) electrons. The van der Waals surface area contributed by atoms with Gasteiger partial charge in [0.1, 0.15) is 23.1 Å². The second-order valence-corrected chi connectivity index (χ2v) is 6.45. The first kappa shape index (κ1) is 24.1. The van der Waals surface area contributed by atoms with Gasteiger partial charge in [0.25, 0.3) is 0 Å². The predicted molar refractivity (Wildman–Crippen MR) is 111 cm³/mol. The fraction of sp³-hybridized carbons (Fsp3) is 0.174. The van der Waals surface area contributed by atoms with Crippen molar-refractivity contribution in [2.75, 3.05) is 13.6 Å². The molecule has 0 bridgehead atoms. The molecule has 0 heterocycles. The number of carbonyl (C=O) groups is 3. The van der Waals surface area contributed by atoms with Crippen LogP contribution in [0.3, 0.4) is 0 Å². The number of benzene rings is 2. The van der Waals surface area contributed by atoms with Crippen molar-refractivity contribution in [3.05, 3.63) is 78.1 Å². The molecule has 9 heteroatoms. The van der Waals surface area contributed by atoms with E-state index in [1.807, 2.05) is 0 Å². The molecule has 0 spiro atoms. The Bertz CT molecular complexity index is 1030. The van der Waals surface area contributed by atoms with Gasteiger partial charge in [-0.3, -0.25) is 0 Å². The number of halogens is 1. The van der Waals surface area contributed by atoms with Crippen molar-refractivity contribution in [1.29, 1.82) is 0 Å². The van der Waals surface area contributed by atoms with Crippen LogP contribution in [0.15, 0.2) is 66.8 Å². The smallest absolute Gasteiger partial charge is 0.346 e. The monoisotopic (exact) mass is 444 g/mol. The van der Waals surface area contributed by atoms with E-state index in [-0.39, 0.29) is 35.0 Å². The second-order valence-electron chi connectivity index (χ2n) is 6.45. The van der Waals surface area contributed by atoms with Crippen LogP contribution >= 0.6 is 0 Å². The SMILES string of the molecule is C=C(C)C(=O)OCOc1ccc(OC(=O)c2ccc(OCOC(=O)C(=C)C)cc2F)cc1. The fourth-order valence-electron chi connectivity index (χ4n) is 2.07. The Morgan fingerprint density at radius 2 is 1.25 bits per heavy atom. The van der Waals surface area contributed by atoms with Crippen LogP contribution in [-0.4, -0.2) is 31.5 Å². The van der Waals surface area contributed by atoms with Crippen molar-refractivity contribution in [1.82, 2.24) is 0 Å². The molecule has 0 saturated heterocycles. The van der Waals surface area contributed by atoms with Crippen molar-refractivity contribution in [3.8, 4) is 17.2 Å². The molecule has 0 aliphatic carbocycles. The zero-order valence-electron chi connectivity index (χ0n) is 17.5. The highest BCUT2D eigenvalue weighted by Gasteiger charge is 2.16. The molecule has 0 atom stereocenters. The summed E-state index contributed by atoms with van der Waals surface area (Å²) in [7, 11) is 0. The second kappa shape index (κ2) is 11.3. The summed E-state index contributed by atoms with van der Waals surface area (Å²) in [6.07, 6.45) is 0. The molecular weight excluding hydrogens is 423 g/mol. The summed E-state index contributed by atoms with van der Waals surface area (Å²) < 4.78 is 39.3. The molecule has 168 valence electrons. The molecule has 0 aliphatic heterocycles. The summed E-state index contributed by atoms with van der Waals surface area (Å²) >= 11 is 0. The van der Waals surface area contributed by atoms with Gasteiger partial charge in [-0.2, -0.15) is 0 Å². The summed E-state index contributed by atoms with van der Waals surface area (Å²) in [4.78, 5) is 34.8. The summed E-state index contributed by atoms with van der Waals surface area (Å²) in [5.74, 6) is -2.46. The van der Waals surface area contributed by atoms with Crippen molar-refractivity contribution in [2.45, 2.75) is 13.8 Å². The Kier molecular flexibility index (Phi) is 8.53. The van der Waals surface area contributed by atoms with Crippen LogP contribution in [-0.2, 0) is 19.1 Å². The van der Waals surface area contributed by atoms with Crippen molar-refractivity contribution in [3.63, 3.8) is 0 Å². The Hall–Kier alpha value is -4.14. The van der Waals surface area contributed by atoms with Gasteiger partial charge < -0.3 is 23.7 Å². The quantitative estimate of drug-likeness (QED) is 0.235. The fourth-order valence-corrected chi connectivity index (χ4v) is 2.07. The van der Waals surface area contributed by atoms with E-state index in [2.05, 4.69) is 13.2 Å². The van der Waals surface area contributed by atoms with E-state index in [0.717, 1.165) is 6.07 Å². The summed E-state index contributed by atoms with van der Waals surface area (Å²) in [6, 6.07) is 9.30. The highest BCUT2D eigenvalue weighted by Crippen LogP contribution is 2.21. The Balaban J connectivity index is 1.89. The molecule has 2 rings (SSSR count). The Morgan fingerprint density at radius 1 is 0.781 bits per heavy atom. The number of hydrogen-bond acceptors (Lipinski definition) is 8. The highest BCUT2D eigenvalue weighted by atomic mass is 19.1. The van der Waals surface area contributed by atoms with Crippen molar-refractivity contribution < 1.29 is 42.5 Å². The van der Waals surface area contributed by atoms with Crippen LogP contribution in [0.25, 0.3) is 0 Å². The number of rotatable bonds is 10. The van der Waals surface area contributed by atoms with E-state index in [0.29, 0.717) is 5.75 Å². The molecular formula is C23H21FO8. The van der Waals surface area contributed by atoms with Gasteiger partial charge in [0.15, 0.2) is 0 Å². The van der Waals surface area contributed by atoms with Gasteiger partial charge in [-0.1, -0.05) is 13.2 Å². The van der Waals surface area contributed by atoms with Gasteiger partial charge in [0.05, 0.1) is 5.56 Å². The third kappa shape index (κ3) is 7.28. The minimum absolute atomic E-state index is 0.0578. The lowest BCUT2D eigenvalue weighted by Gasteiger charge is -2.10. The van der Waals surface area contributed by atoms with Gasteiger partial charge in [0, 0.05) is 17.2 Å². The van der Waals surface area contributed by atoms with Crippen molar-refractivity contribution in [2.24, 2.45) is 0 Å². The van der Waals surface area contributed by atoms with Gasteiger partial charge in [-0.25, -0.2) is 18.8 Å². The molecule has 0 aliphatic rings. The van der Waals surface area contributed by atoms with Crippen molar-refractivity contribution >= 4 is 17.9 Å². The van der Waals surface area contributed by atoms with E-state index < -0.39 is 30.5 Å².